The van der Waals surface area contributed by atoms with Gasteiger partial charge in [-0.1, -0.05) is 325 Å². The number of carbonyl (C=O) groups excluding carboxylic acids is 1. The molecule has 0 aromatic carbocycles. The highest BCUT2D eigenvalue weighted by molar-refractivity contribution is 7.47. The van der Waals surface area contributed by atoms with Gasteiger partial charge in [-0.25, -0.2) is 4.57 Å². The summed E-state index contributed by atoms with van der Waals surface area (Å²) in [7, 11) is 1.62. The molecule has 464 valence electrons. The SMILES string of the molecule is CC/C=C\C/C=C\C/C=C\C/C=C\C/C=C\CCCCCCCCCCCCCC(=O)NC(COP(=O)(O)OCC[N+](C)(C)C)C(O)CCCCCCCCCCCCCCCCCCCCCCCCCCCCCCCC. The maximum atomic E-state index is 13.1. The number of nitrogens with one attached hydrogen (secondary N) is 1. The van der Waals surface area contributed by atoms with Crippen molar-refractivity contribution in [3.05, 3.63) is 60.8 Å². The first-order valence-electron chi connectivity index (χ1n) is 34.2. The summed E-state index contributed by atoms with van der Waals surface area (Å²) in [5.74, 6) is -0.145. The van der Waals surface area contributed by atoms with E-state index < -0.39 is 20.0 Å². The molecule has 0 aliphatic heterocycles. The van der Waals surface area contributed by atoms with Gasteiger partial charge in [-0.05, 0) is 57.8 Å². The second-order valence-electron chi connectivity index (χ2n) is 24.5. The summed E-state index contributed by atoms with van der Waals surface area (Å²) in [6.07, 6.45) is 83.1. The van der Waals surface area contributed by atoms with Gasteiger partial charge in [0, 0.05) is 6.42 Å². The van der Waals surface area contributed by atoms with Crippen LogP contribution in [0.25, 0.3) is 0 Å². The van der Waals surface area contributed by atoms with E-state index in [0.717, 1.165) is 70.6 Å². The van der Waals surface area contributed by atoms with E-state index in [2.05, 4.69) is 79.9 Å². The van der Waals surface area contributed by atoms with Gasteiger partial charge in [0.15, 0.2) is 0 Å². The lowest BCUT2D eigenvalue weighted by atomic mass is 10.0. The normalized spacial score (nSPS) is 14.1. The molecular formula is C70H134N2O6P+. The molecule has 0 aromatic heterocycles. The molecule has 0 aromatic rings. The fraction of sp³-hybridized carbons (Fsp3) is 0.843. The number of phosphoric ester groups is 1. The Bertz CT molecular complexity index is 1470. The van der Waals surface area contributed by atoms with E-state index in [1.54, 1.807) is 0 Å². The highest BCUT2D eigenvalue weighted by Gasteiger charge is 2.28. The number of amides is 1. The molecule has 3 N–H and O–H groups in total. The Balaban J connectivity index is 4.06. The molecule has 1 amide bonds. The maximum Gasteiger partial charge on any atom is 0.472 e. The van der Waals surface area contributed by atoms with E-state index in [9.17, 15) is 19.4 Å². The second kappa shape index (κ2) is 60.8. The standard InChI is InChI=1S/C70H133N2O6P/c1-6-8-10-12-14-16-18-20-22-24-26-28-30-32-34-35-36-38-39-41-43-45-47-49-51-53-55-57-59-61-63-69(73)68(67-78-79(75,76)77-66-65-72(3,4)5)71-70(74)64-62-60-58-56-54-52-50-48-46-44-42-40-37-33-31-29-27-25-23-21-19-17-15-13-11-9-7-2/h9,11,15,17,21,23,27,29,33,37,68-69,73H,6-8,10,12-14,16,18-20,22,24-26,28,30-32,34-36,38-67H2,1-5H3,(H-,71,74,75,76)/p+1/b11-9-,17-15-,23-21-,29-27-,37-33-. The molecule has 3 unspecified atom stereocenters. The Morgan fingerprint density at radius 3 is 1.11 bits per heavy atom. The lowest BCUT2D eigenvalue weighted by Gasteiger charge is -2.26. The summed E-state index contributed by atoms with van der Waals surface area (Å²) < 4.78 is 23.9. The molecule has 0 bridgehead atoms. The number of hydrogen-bond acceptors (Lipinski definition) is 5. The molecule has 0 heterocycles. The average Bonchev–Trinajstić information content (AvgIpc) is 3.42. The van der Waals surface area contributed by atoms with E-state index in [1.165, 1.54) is 231 Å². The van der Waals surface area contributed by atoms with Crippen molar-refractivity contribution >= 4 is 13.7 Å². The number of nitrogens with zero attached hydrogens (tertiary/aromatic N) is 1. The van der Waals surface area contributed by atoms with Crippen LogP contribution in [0.5, 0.6) is 0 Å². The smallest absolute Gasteiger partial charge is 0.391 e. The van der Waals surface area contributed by atoms with Crippen LogP contribution in [0, 0.1) is 0 Å². The third kappa shape index (κ3) is 63.6. The Morgan fingerprint density at radius 1 is 0.443 bits per heavy atom. The van der Waals surface area contributed by atoms with Crippen LogP contribution in [0.2, 0.25) is 0 Å². The number of phosphoric acid groups is 1. The van der Waals surface area contributed by atoms with Gasteiger partial charge in [0.25, 0.3) is 0 Å². The molecule has 3 atom stereocenters. The molecule has 0 aliphatic carbocycles. The van der Waals surface area contributed by atoms with E-state index in [1.807, 2.05) is 21.1 Å². The van der Waals surface area contributed by atoms with E-state index in [4.69, 9.17) is 9.05 Å². The van der Waals surface area contributed by atoms with Gasteiger partial charge in [0.1, 0.15) is 13.2 Å². The van der Waals surface area contributed by atoms with Crippen LogP contribution in [-0.2, 0) is 18.4 Å². The summed E-state index contributed by atoms with van der Waals surface area (Å²) in [5, 5.41) is 14.1. The first-order chi connectivity index (χ1) is 38.5. The number of likely N-dealkylation sites (N-methyl/N-ethyl adjacent to an activating group) is 1. The molecule has 0 saturated carbocycles. The predicted octanol–water partition coefficient (Wildman–Crippen LogP) is 21.6. The number of unbranched alkanes of at least 4 members (excludes halogenated alkanes) is 40. The fourth-order valence-electron chi connectivity index (χ4n) is 10.3. The largest absolute Gasteiger partial charge is 0.472 e. The first kappa shape index (κ1) is 77.2. The summed E-state index contributed by atoms with van der Waals surface area (Å²) in [4.78, 5) is 23.4. The highest BCUT2D eigenvalue weighted by Crippen LogP contribution is 2.43. The van der Waals surface area contributed by atoms with Gasteiger partial charge in [-0.3, -0.25) is 13.8 Å². The quantitative estimate of drug-likeness (QED) is 0.0243. The molecular weight excluding hydrogens is 996 g/mol. The first-order valence-corrected chi connectivity index (χ1v) is 35.6. The molecule has 0 rings (SSSR count). The molecule has 0 saturated heterocycles. The summed E-state index contributed by atoms with van der Waals surface area (Å²) in [6, 6.07) is -0.767. The minimum atomic E-state index is -4.33. The molecule has 0 radical (unpaired) electrons. The van der Waals surface area contributed by atoms with Crippen LogP contribution in [0.4, 0.5) is 0 Å². The summed E-state index contributed by atoms with van der Waals surface area (Å²) in [6.45, 7) is 4.81. The average molecular weight is 1130 g/mol. The second-order valence-corrected chi connectivity index (χ2v) is 26.0. The highest BCUT2D eigenvalue weighted by atomic mass is 31.2. The van der Waals surface area contributed by atoms with Gasteiger partial charge in [0.05, 0.1) is 39.9 Å². The Morgan fingerprint density at radius 2 is 0.759 bits per heavy atom. The van der Waals surface area contributed by atoms with Crippen LogP contribution >= 0.6 is 7.82 Å². The number of aliphatic hydroxyl groups is 1. The molecule has 0 spiro atoms. The fourth-order valence-corrected chi connectivity index (χ4v) is 11.0. The molecule has 0 fully saturated rings. The molecule has 8 nitrogen and oxygen atoms in total. The summed E-state index contributed by atoms with van der Waals surface area (Å²) in [5.41, 5.74) is 0. The zero-order valence-electron chi connectivity index (χ0n) is 53.1. The summed E-state index contributed by atoms with van der Waals surface area (Å²) >= 11 is 0. The van der Waals surface area contributed by atoms with Crippen molar-refractivity contribution in [3.63, 3.8) is 0 Å². The number of hydrogen-bond donors (Lipinski definition) is 3. The minimum Gasteiger partial charge on any atom is -0.391 e. The van der Waals surface area contributed by atoms with Crippen LogP contribution < -0.4 is 5.32 Å². The van der Waals surface area contributed by atoms with Crippen molar-refractivity contribution < 1.29 is 32.9 Å². The number of allylic oxidation sites excluding steroid dienone is 10. The lowest BCUT2D eigenvalue weighted by Crippen LogP contribution is -2.46. The zero-order chi connectivity index (χ0) is 57.7. The number of aliphatic hydroxyl groups excluding tert-OH is 1. The van der Waals surface area contributed by atoms with Crippen molar-refractivity contribution in [2.45, 2.75) is 341 Å². The van der Waals surface area contributed by atoms with Crippen LogP contribution in [0.3, 0.4) is 0 Å². The lowest BCUT2D eigenvalue weighted by molar-refractivity contribution is -0.870. The van der Waals surface area contributed by atoms with Crippen molar-refractivity contribution in [2.75, 3.05) is 40.9 Å². The van der Waals surface area contributed by atoms with Gasteiger partial charge >= 0.3 is 7.82 Å². The number of quaternary nitrogens is 1. The third-order valence-corrected chi connectivity index (χ3v) is 16.5. The van der Waals surface area contributed by atoms with E-state index in [0.29, 0.717) is 23.9 Å². The van der Waals surface area contributed by atoms with Crippen LogP contribution in [-0.4, -0.2) is 73.4 Å². The van der Waals surface area contributed by atoms with Gasteiger partial charge in [0.2, 0.25) is 5.91 Å². The van der Waals surface area contributed by atoms with Gasteiger partial charge in [-0.15, -0.1) is 0 Å². The van der Waals surface area contributed by atoms with Crippen molar-refractivity contribution in [3.8, 4) is 0 Å². The number of rotatable bonds is 63. The van der Waals surface area contributed by atoms with Gasteiger partial charge in [-0.2, -0.15) is 0 Å². The minimum absolute atomic E-state index is 0.0729. The third-order valence-electron chi connectivity index (χ3n) is 15.5. The Labute approximate surface area is 492 Å². The molecule has 0 aliphatic rings. The Kier molecular flexibility index (Phi) is 59.4. The van der Waals surface area contributed by atoms with E-state index >= 15 is 0 Å². The zero-order valence-corrected chi connectivity index (χ0v) is 54.0. The van der Waals surface area contributed by atoms with Crippen molar-refractivity contribution in [2.24, 2.45) is 0 Å². The van der Waals surface area contributed by atoms with Crippen LogP contribution in [0.15, 0.2) is 60.8 Å². The monoisotopic (exact) mass is 1130 g/mol. The molecule has 79 heavy (non-hydrogen) atoms. The van der Waals surface area contributed by atoms with Crippen molar-refractivity contribution in [1.82, 2.24) is 5.32 Å². The Hall–Kier alpha value is -1.80. The van der Waals surface area contributed by atoms with E-state index in [-0.39, 0.29) is 19.1 Å². The number of carbonyl (C=O) groups is 1. The maximum absolute atomic E-state index is 13.1. The predicted molar refractivity (Wildman–Crippen MR) is 346 cm³/mol. The van der Waals surface area contributed by atoms with Crippen molar-refractivity contribution in [1.29, 1.82) is 0 Å². The topological polar surface area (TPSA) is 105 Å². The van der Waals surface area contributed by atoms with Gasteiger partial charge < -0.3 is 19.8 Å². The molecule has 9 heteroatoms. The van der Waals surface area contributed by atoms with Crippen LogP contribution in [0.1, 0.15) is 328 Å².